The second-order valence-electron chi connectivity index (χ2n) is 5.48. The number of nitrogens with zero attached hydrogens (tertiary/aromatic N) is 1. The van der Waals surface area contributed by atoms with Crippen LogP contribution in [0.15, 0.2) is 60.7 Å². The van der Waals surface area contributed by atoms with Crippen LogP contribution in [0.2, 0.25) is 0 Å². The minimum absolute atomic E-state index is 0.479. The number of epoxide rings is 1. The smallest absolute Gasteiger partial charge is 0.0822 e. The molecule has 1 aliphatic rings. The van der Waals surface area contributed by atoms with Gasteiger partial charge in [0, 0.05) is 19.6 Å². The maximum absolute atomic E-state index is 5.27. The van der Waals surface area contributed by atoms with Gasteiger partial charge in [-0.1, -0.05) is 60.7 Å². The topological polar surface area (TPSA) is 27.8 Å². The van der Waals surface area contributed by atoms with Crippen molar-refractivity contribution >= 4 is 0 Å². The molecule has 3 heteroatoms. The molecule has 0 saturated carbocycles. The van der Waals surface area contributed by atoms with E-state index in [1.165, 1.54) is 11.1 Å². The van der Waals surface area contributed by atoms with Gasteiger partial charge in [-0.25, -0.2) is 5.01 Å². The SMILES string of the molecule is c1ccc(CN(Cc2ccccc2)NCCC2CO2)cc1. The Morgan fingerprint density at radius 1 is 0.905 bits per heavy atom. The highest BCUT2D eigenvalue weighted by Gasteiger charge is 2.21. The highest BCUT2D eigenvalue weighted by Crippen LogP contribution is 2.13. The van der Waals surface area contributed by atoms with Crippen LogP contribution in [0.3, 0.4) is 0 Å². The Labute approximate surface area is 126 Å². The predicted molar refractivity (Wildman–Crippen MR) is 84.5 cm³/mol. The van der Waals surface area contributed by atoms with Crippen molar-refractivity contribution in [3.05, 3.63) is 71.8 Å². The average Bonchev–Trinajstić information content (AvgIpc) is 3.33. The van der Waals surface area contributed by atoms with Gasteiger partial charge in [0.1, 0.15) is 0 Å². The third-order valence-corrected chi connectivity index (χ3v) is 3.64. The first-order valence-corrected chi connectivity index (χ1v) is 7.58. The first kappa shape index (κ1) is 14.3. The highest BCUT2D eigenvalue weighted by molar-refractivity contribution is 5.16. The molecule has 1 atom stereocenters. The van der Waals surface area contributed by atoms with E-state index in [9.17, 15) is 0 Å². The normalized spacial score (nSPS) is 17.1. The molecule has 3 nitrogen and oxygen atoms in total. The molecule has 0 aromatic heterocycles. The largest absolute Gasteiger partial charge is 0.373 e. The molecule has 0 radical (unpaired) electrons. The molecule has 1 unspecified atom stereocenters. The lowest BCUT2D eigenvalue weighted by Gasteiger charge is -2.23. The second-order valence-corrected chi connectivity index (χ2v) is 5.48. The predicted octanol–water partition coefficient (Wildman–Crippen LogP) is 2.98. The van der Waals surface area contributed by atoms with Crippen LogP contribution in [0.25, 0.3) is 0 Å². The number of nitrogens with one attached hydrogen (secondary N) is 1. The number of hydrogen-bond acceptors (Lipinski definition) is 3. The average molecular weight is 282 g/mol. The quantitative estimate of drug-likeness (QED) is 0.596. The van der Waals surface area contributed by atoms with Crippen LogP contribution in [-0.2, 0) is 17.8 Å². The van der Waals surface area contributed by atoms with E-state index in [0.29, 0.717) is 6.10 Å². The highest BCUT2D eigenvalue weighted by atomic mass is 16.6. The van der Waals surface area contributed by atoms with Crippen molar-refractivity contribution < 1.29 is 4.74 Å². The molecule has 1 aliphatic heterocycles. The van der Waals surface area contributed by atoms with Gasteiger partial charge in [0.2, 0.25) is 0 Å². The number of hydrogen-bond donors (Lipinski definition) is 1. The molecule has 1 N–H and O–H groups in total. The molecular weight excluding hydrogens is 260 g/mol. The summed E-state index contributed by atoms with van der Waals surface area (Å²) in [5, 5.41) is 2.28. The maximum atomic E-state index is 5.27. The van der Waals surface area contributed by atoms with Crippen LogP contribution in [0.5, 0.6) is 0 Å². The molecule has 0 amide bonds. The van der Waals surface area contributed by atoms with E-state index in [1.54, 1.807) is 0 Å². The molecule has 0 bridgehead atoms. The molecule has 21 heavy (non-hydrogen) atoms. The van der Waals surface area contributed by atoms with Gasteiger partial charge >= 0.3 is 0 Å². The van der Waals surface area contributed by atoms with Gasteiger partial charge in [-0.15, -0.1) is 0 Å². The van der Waals surface area contributed by atoms with Crippen molar-refractivity contribution in [3.8, 4) is 0 Å². The molecule has 110 valence electrons. The van der Waals surface area contributed by atoms with E-state index in [-0.39, 0.29) is 0 Å². The molecule has 0 aliphatic carbocycles. The molecule has 0 spiro atoms. The third-order valence-electron chi connectivity index (χ3n) is 3.64. The Bertz CT molecular complexity index is 484. The van der Waals surface area contributed by atoms with Crippen LogP contribution in [0, 0.1) is 0 Å². The van der Waals surface area contributed by atoms with E-state index in [0.717, 1.165) is 32.7 Å². The van der Waals surface area contributed by atoms with Crippen LogP contribution >= 0.6 is 0 Å². The number of hydrazine groups is 1. The molecule has 2 aromatic carbocycles. The summed E-state index contributed by atoms with van der Waals surface area (Å²) < 4.78 is 5.27. The summed E-state index contributed by atoms with van der Waals surface area (Å²) in [4.78, 5) is 0. The summed E-state index contributed by atoms with van der Waals surface area (Å²) in [6.45, 7) is 3.70. The summed E-state index contributed by atoms with van der Waals surface area (Å²) in [5.74, 6) is 0. The minimum Gasteiger partial charge on any atom is -0.373 e. The second kappa shape index (κ2) is 7.36. The summed E-state index contributed by atoms with van der Waals surface area (Å²) >= 11 is 0. The fourth-order valence-corrected chi connectivity index (χ4v) is 2.39. The van der Waals surface area contributed by atoms with Crippen LogP contribution in [-0.4, -0.2) is 24.3 Å². The minimum atomic E-state index is 0.479. The van der Waals surface area contributed by atoms with Gasteiger partial charge in [0.05, 0.1) is 12.7 Å². The Morgan fingerprint density at radius 3 is 1.90 bits per heavy atom. The summed E-state index contributed by atoms with van der Waals surface area (Å²) in [7, 11) is 0. The van der Waals surface area contributed by atoms with Gasteiger partial charge in [0.25, 0.3) is 0 Å². The number of benzene rings is 2. The van der Waals surface area contributed by atoms with Crippen molar-refractivity contribution in [1.29, 1.82) is 0 Å². The van der Waals surface area contributed by atoms with Crippen molar-refractivity contribution in [3.63, 3.8) is 0 Å². The fourth-order valence-electron chi connectivity index (χ4n) is 2.39. The molecule has 3 rings (SSSR count). The van der Waals surface area contributed by atoms with Gasteiger partial charge in [0.15, 0.2) is 0 Å². The van der Waals surface area contributed by atoms with Gasteiger partial charge in [-0.3, -0.25) is 5.43 Å². The standard InChI is InChI=1S/C18H22N2O/c1-3-7-16(8-4-1)13-20(19-12-11-18-15-21-18)14-17-9-5-2-6-10-17/h1-10,18-19H,11-15H2. The van der Waals surface area contributed by atoms with Crippen molar-refractivity contribution in [2.45, 2.75) is 25.6 Å². The maximum Gasteiger partial charge on any atom is 0.0822 e. The van der Waals surface area contributed by atoms with Crippen LogP contribution in [0.1, 0.15) is 17.5 Å². The fraction of sp³-hybridized carbons (Fsp3) is 0.333. The van der Waals surface area contributed by atoms with E-state index in [2.05, 4.69) is 71.1 Å². The molecular formula is C18H22N2O. The van der Waals surface area contributed by atoms with Gasteiger partial charge in [-0.05, 0) is 17.5 Å². The van der Waals surface area contributed by atoms with E-state index >= 15 is 0 Å². The monoisotopic (exact) mass is 282 g/mol. The van der Waals surface area contributed by atoms with Gasteiger partial charge < -0.3 is 4.74 Å². The van der Waals surface area contributed by atoms with E-state index < -0.39 is 0 Å². The number of ether oxygens (including phenoxy) is 1. The Balaban J connectivity index is 1.58. The van der Waals surface area contributed by atoms with Crippen molar-refractivity contribution in [1.82, 2.24) is 10.4 Å². The van der Waals surface area contributed by atoms with Crippen molar-refractivity contribution in [2.24, 2.45) is 0 Å². The third kappa shape index (κ3) is 4.97. The first-order chi connectivity index (χ1) is 10.4. The lowest BCUT2D eigenvalue weighted by atomic mass is 10.2. The van der Waals surface area contributed by atoms with Crippen LogP contribution < -0.4 is 5.43 Å². The van der Waals surface area contributed by atoms with Gasteiger partial charge in [-0.2, -0.15) is 0 Å². The summed E-state index contributed by atoms with van der Waals surface area (Å²) in [6, 6.07) is 21.2. The molecule has 1 saturated heterocycles. The first-order valence-electron chi connectivity index (χ1n) is 7.58. The Kier molecular flexibility index (Phi) is 5.00. The summed E-state index contributed by atoms with van der Waals surface area (Å²) in [5.41, 5.74) is 6.19. The zero-order chi connectivity index (χ0) is 14.3. The Morgan fingerprint density at radius 2 is 1.43 bits per heavy atom. The Hall–Kier alpha value is -1.68. The van der Waals surface area contributed by atoms with E-state index in [1.807, 2.05) is 0 Å². The zero-order valence-electron chi connectivity index (χ0n) is 12.2. The summed E-state index contributed by atoms with van der Waals surface area (Å²) in [6.07, 6.45) is 1.56. The lowest BCUT2D eigenvalue weighted by Crippen LogP contribution is -2.38. The molecule has 1 fully saturated rings. The van der Waals surface area contributed by atoms with Crippen molar-refractivity contribution in [2.75, 3.05) is 13.2 Å². The lowest BCUT2D eigenvalue weighted by molar-refractivity contribution is 0.165. The van der Waals surface area contributed by atoms with E-state index in [4.69, 9.17) is 4.74 Å². The molecule has 2 aromatic rings. The molecule has 1 heterocycles. The zero-order valence-corrected chi connectivity index (χ0v) is 12.2. The number of rotatable bonds is 8. The van der Waals surface area contributed by atoms with Crippen LogP contribution in [0.4, 0.5) is 0 Å².